The van der Waals surface area contributed by atoms with Crippen molar-refractivity contribution in [3.8, 4) is 11.5 Å². The summed E-state index contributed by atoms with van der Waals surface area (Å²) in [5.74, 6) is -0.0654. The van der Waals surface area contributed by atoms with Gasteiger partial charge in [0.2, 0.25) is 6.79 Å². The predicted molar refractivity (Wildman–Crippen MR) is 105 cm³/mol. The lowest BCUT2D eigenvalue weighted by Gasteiger charge is -2.24. The number of ether oxygens (including phenoxy) is 3. The van der Waals surface area contributed by atoms with Crippen molar-refractivity contribution in [2.24, 2.45) is 0 Å². The summed E-state index contributed by atoms with van der Waals surface area (Å²) in [6, 6.07) is 7.87. The summed E-state index contributed by atoms with van der Waals surface area (Å²) in [5.41, 5.74) is 0.512. The van der Waals surface area contributed by atoms with Gasteiger partial charge < -0.3 is 24.4 Å². The molecule has 0 spiro atoms. The molecule has 0 unspecified atom stereocenters. The molecule has 0 saturated carbocycles. The van der Waals surface area contributed by atoms with E-state index in [4.69, 9.17) is 14.2 Å². The maximum Gasteiger partial charge on any atom is 0.329 e. The number of nitrogens with one attached hydrogen (secondary N) is 1. The van der Waals surface area contributed by atoms with Crippen LogP contribution in [-0.2, 0) is 14.3 Å². The number of thiophene rings is 1. The van der Waals surface area contributed by atoms with E-state index in [0.29, 0.717) is 41.4 Å². The predicted octanol–water partition coefficient (Wildman–Crippen LogP) is 2.65. The first-order valence-corrected chi connectivity index (χ1v) is 10.2. The van der Waals surface area contributed by atoms with E-state index < -0.39 is 24.0 Å². The van der Waals surface area contributed by atoms with Crippen molar-refractivity contribution < 1.29 is 28.6 Å². The van der Waals surface area contributed by atoms with E-state index in [0.717, 1.165) is 0 Å². The molecule has 0 bridgehead atoms. The Morgan fingerprint density at radius 3 is 2.86 bits per heavy atom. The molecular weight excluding hydrogens is 396 g/mol. The highest BCUT2D eigenvalue weighted by Gasteiger charge is 2.37. The van der Waals surface area contributed by atoms with E-state index >= 15 is 0 Å². The van der Waals surface area contributed by atoms with Gasteiger partial charge in [-0.2, -0.15) is 0 Å². The Morgan fingerprint density at radius 1 is 1.24 bits per heavy atom. The number of hydrogen-bond acceptors (Lipinski definition) is 7. The van der Waals surface area contributed by atoms with Crippen LogP contribution < -0.4 is 14.8 Å². The molecule has 4 rings (SSSR count). The summed E-state index contributed by atoms with van der Waals surface area (Å²) in [5, 5.41) is 4.51. The monoisotopic (exact) mass is 416 g/mol. The van der Waals surface area contributed by atoms with E-state index in [1.807, 2.05) is 5.38 Å². The fourth-order valence-corrected chi connectivity index (χ4v) is 4.00. The average Bonchev–Trinajstić information content (AvgIpc) is 3.48. The summed E-state index contributed by atoms with van der Waals surface area (Å²) >= 11 is 1.33. The molecule has 1 aromatic heterocycles. The van der Waals surface area contributed by atoms with Crippen molar-refractivity contribution in [3.05, 3.63) is 40.6 Å². The lowest BCUT2D eigenvalue weighted by atomic mass is 10.2. The van der Waals surface area contributed by atoms with E-state index in [-0.39, 0.29) is 12.7 Å². The second kappa shape index (κ2) is 8.12. The lowest BCUT2D eigenvalue weighted by molar-refractivity contribution is -0.156. The Bertz CT molecular complexity index is 929. The van der Waals surface area contributed by atoms with Gasteiger partial charge in [-0.15, -0.1) is 11.3 Å². The van der Waals surface area contributed by atoms with Crippen LogP contribution in [0.5, 0.6) is 11.5 Å². The summed E-state index contributed by atoms with van der Waals surface area (Å²) < 4.78 is 15.9. The minimum Gasteiger partial charge on any atom is -0.454 e. The van der Waals surface area contributed by atoms with Crippen molar-refractivity contribution in [2.45, 2.75) is 31.9 Å². The molecule has 2 aliphatic heterocycles. The van der Waals surface area contributed by atoms with Crippen LogP contribution in [0.3, 0.4) is 0 Å². The number of carbonyl (C=O) groups is 3. The molecule has 29 heavy (non-hydrogen) atoms. The largest absolute Gasteiger partial charge is 0.454 e. The number of anilines is 1. The molecule has 2 aromatic rings. The zero-order valence-corrected chi connectivity index (χ0v) is 16.6. The smallest absolute Gasteiger partial charge is 0.329 e. The highest BCUT2D eigenvalue weighted by molar-refractivity contribution is 7.12. The van der Waals surface area contributed by atoms with E-state index in [9.17, 15) is 14.4 Å². The molecule has 3 heterocycles. The quantitative estimate of drug-likeness (QED) is 0.753. The topological polar surface area (TPSA) is 94.2 Å². The van der Waals surface area contributed by atoms with Gasteiger partial charge in [0.15, 0.2) is 17.6 Å². The standard InChI is InChI=1S/C20H20N2O6S/c1-12(18(23)21-13-6-7-15-16(10-13)27-11-26-15)28-20(25)14-4-2-8-22(14)19(24)17-5-3-9-29-17/h3,5-7,9-10,12,14H,2,4,8,11H2,1H3,(H,21,23)/t12-,14-/m0/s1. The first-order chi connectivity index (χ1) is 14.0. The lowest BCUT2D eigenvalue weighted by Crippen LogP contribution is -2.43. The fourth-order valence-electron chi connectivity index (χ4n) is 3.32. The van der Waals surface area contributed by atoms with Gasteiger partial charge in [0.05, 0.1) is 4.88 Å². The molecule has 1 N–H and O–H groups in total. The van der Waals surface area contributed by atoms with Gasteiger partial charge in [-0.25, -0.2) is 4.79 Å². The number of nitrogens with zero attached hydrogens (tertiary/aromatic N) is 1. The molecule has 1 aromatic carbocycles. The Hall–Kier alpha value is -3.07. The summed E-state index contributed by atoms with van der Waals surface area (Å²) in [7, 11) is 0. The van der Waals surface area contributed by atoms with Gasteiger partial charge in [-0.3, -0.25) is 9.59 Å². The number of rotatable bonds is 5. The molecule has 0 aliphatic carbocycles. The molecule has 2 aliphatic rings. The molecule has 1 saturated heterocycles. The van der Waals surface area contributed by atoms with Crippen LogP contribution in [0.4, 0.5) is 5.69 Å². The SMILES string of the molecule is C[C@H](OC(=O)[C@@H]1CCCN1C(=O)c1cccs1)C(=O)Nc1ccc2c(c1)OCO2. The molecule has 9 heteroatoms. The summed E-state index contributed by atoms with van der Waals surface area (Å²) in [6.07, 6.45) is 0.230. The first-order valence-electron chi connectivity index (χ1n) is 9.28. The highest BCUT2D eigenvalue weighted by atomic mass is 32.1. The normalized spacial score (nSPS) is 18.4. The maximum absolute atomic E-state index is 12.6. The van der Waals surface area contributed by atoms with Crippen molar-refractivity contribution >= 4 is 34.8 Å². The third kappa shape index (κ3) is 4.04. The minimum atomic E-state index is -1.01. The van der Waals surface area contributed by atoms with Gasteiger partial charge in [-0.05, 0) is 43.3 Å². The van der Waals surface area contributed by atoms with Crippen molar-refractivity contribution in [1.82, 2.24) is 4.90 Å². The van der Waals surface area contributed by atoms with Gasteiger partial charge in [-0.1, -0.05) is 6.07 Å². The zero-order valence-electron chi connectivity index (χ0n) is 15.8. The molecule has 2 atom stereocenters. The molecular formula is C20H20N2O6S. The van der Waals surface area contributed by atoms with Crippen LogP contribution in [0, 0.1) is 0 Å². The van der Waals surface area contributed by atoms with Crippen LogP contribution >= 0.6 is 11.3 Å². The maximum atomic E-state index is 12.6. The number of likely N-dealkylation sites (tertiary alicyclic amines) is 1. The third-order valence-electron chi connectivity index (χ3n) is 4.82. The van der Waals surface area contributed by atoms with Crippen LogP contribution in [-0.4, -0.2) is 48.2 Å². The highest BCUT2D eigenvalue weighted by Crippen LogP contribution is 2.34. The van der Waals surface area contributed by atoms with Crippen molar-refractivity contribution in [1.29, 1.82) is 0 Å². The first kappa shape index (κ1) is 19.3. The van der Waals surface area contributed by atoms with Gasteiger partial charge in [0.1, 0.15) is 6.04 Å². The number of esters is 1. The number of hydrogen-bond donors (Lipinski definition) is 1. The zero-order chi connectivity index (χ0) is 20.4. The molecule has 8 nitrogen and oxygen atoms in total. The minimum absolute atomic E-state index is 0.142. The second-order valence-corrected chi connectivity index (χ2v) is 7.72. The average molecular weight is 416 g/mol. The second-order valence-electron chi connectivity index (χ2n) is 6.77. The Balaban J connectivity index is 1.36. The molecule has 1 fully saturated rings. The van der Waals surface area contributed by atoms with Crippen LogP contribution in [0.2, 0.25) is 0 Å². The summed E-state index contributed by atoms with van der Waals surface area (Å²) in [4.78, 5) is 39.8. The van der Waals surface area contributed by atoms with Gasteiger partial charge in [0, 0.05) is 18.3 Å². The number of amides is 2. The Morgan fingerprint density at radius 2 is 2.07 bits per heavy atom. The summed E-state index contributed by atoms with van der Waals surface area (Å²) in [6.45, 7) is 2.14. The third-order valence-corrected chi connectivity index (χ3v) is 5.68. The number of fused-ring (bicyclic) bond motifs is 1. The Kier molecular flexibility index (Phi) is 5.39. The van der Waals surface area contributed by atoms with E-state index in [1.54, 1.807) is 30.3 Å². The Labute approximate surface area is 171 Å². The molecule has 152 valence electrons. The number of benzene rings is 1. The van der Waals surface area contributed by atoms with Crippen LogP contribution in [0.1, 0.15) is 29.4 Å². The van der Waals surface area contributed by atoms with Crippen molar-refractivity contribution in [2.75, 3.05) is 18.7 Å². The fraction of sp³-hybridized carbons (Fsp3) is 0.350. The van der Waals surface area contributed by atoms with Crippen LogP contribution in [0.25, 0.3) is 0 Å². The molecule has 2 amide bonds. The van der Waals surface area contributed by atoms with Crippen LogP contribution in [0.15, 0.2) is 35.7 Å². The van der Waals surface area contributed by atoms with Gasteiger partial charge in [0.25, 0.3) is 11.8 Å². The van der Waals surface area contributed by atoms with E-state index in [2.05, 4.69) is 5.32 Å². The number of carbonyl (C=O) groups excluding carboxylic acids is 3. The van der Waals surface area contributed by atoms with E-state index in [1.165, 1.54) is 23.2 Å². The van der Waals surface area contributed by atoms with Crippen molar-refractivity contribution in [3.63, 3.8) is 0 Å². The molecule has 0 radical (unpaired) electrons. The van der Waals surface area contributed by atoms with Gasteiger partial charge >= 0.3 is 5.97 Å².